The van der Waals surface area contributed by atoms with E-state index in [1.54, 1.807) is 24.3 Å². The molecule has 0 saturated carbocycles. The van der Waals surface area contributed by atoms with Crippen LogP contribution in [0.1, 0.15) is 6.92 Å². The second-order valence-corrected chi connectivity index (χ2v) is 3.92. The SMILES string of the molecule is CCOc1nc(Oc2ccccc2Cl)ccc1N. The number of ether oxygens (including phenoxy) is 2. The number of rotatable bonds is 4. The maximum absolute atomic E-state index is 6.00. The fourth-order valence-electron chi connectivity index (χ4n) is 1.38. The van der Waals surface area contributed by atoms with Gasteiger partial charge in [-0.1, -0.05) is 23.7 Å². The van der Waals surface area contributed by atoms with Crippen molar-refractivity contribution in [3.63, 3.8) is 0 Å². The predicted octanol–water partition coefficient (Wildman–Crippen LogP) is 3.51. The van der Waals surface area contributed by atoms with Crippen molar-refractivity contribution in [3.8, 4) is 17.5 Å². The number of halogens is 1. The molecule has 0 atom stereocenters. The van der Waals surface area contributed by atoms with E-state index in [0.29, 0.717) is 34.8 Å². The van der Waals surface area contributed by atoms with Gasteiger partial charge in [0.15, 0.2) is 0 Å². The van der Waals surface area contributed by atoms with Gasteiger partial charge in [0.1, 0.15) is 5.75 Å². The molecule has 1 heterocycles. The first-order chi connectivity index (χ1) is 8.70. The molecule has 0 aliphatic rings. The third-order valence-corrected chi connectivity index (χ3v) is 2.51. The van der Waals surface area contributed by atoms with E-state index >= 15 is 0 Å². The van der Waals surface area contributed by atoms with E-state index in [4.69, 9.17) is 26.8 Å². The molecule has 0 saturated heterocycles. The number of anilines is 1. The third kappa shape index (κ3) is 2.84. The molecule has 18 heavy (non-hydrogen) atoms. The van der Waals surface area contributed by atoms with E-state index in [0.717, 1.165) is 0 Å². The maximum Gasteiger partial charge on any atom is 0.240 e. The number of nitrogens with two attached hydrogens (primary N) is 1. The van der Waals surface area contributed by atoms with Gasteiger partial charge in [-0.15, -0.1) is 0 Å². The van der Waals surface area contributed by atoms with E-state index in [2.05, 4.69) is 4.98 Å². The van der Waals surface area contributed by atoms with Crippen molar-refractivity contribution in [3.05, 3.63) is 41.4 Å². The molecule has 0 radical (unpaired) electrons. The van der Waals surface area contributed by atoms with Crippen molar-refractivity contribution in [2.24, 2.45) is 0 Å². The Bertz CT molecular complexity index is 546. The molecule has 0 aliphatic heterocycles. The summed E-state index contributed by atoms with van der Waals surface area (Å²) in [5.41, 5.74) is 6.21. The number of benzene rings is 1. The molecule has 0 amide bonds. The Morgan fingerprint density at radius 3 is 2.72 bits per heavy atom. The molecule has 0 unspecified atom stereocenters. The summed E-state index contributed by atoms with van der Waals surface area (Å²) in [5, 5.41) is 0.522. The zero-order chi connectivity index (χ0) is 13.0. The summed E-state index contributed by atoms with van der Waals surface area (Å²) >= 11 is 6.00. The van der Waals surface area contributed by atoms with Gasteiger partial charge in [0.25, 0.3) is 0 Å². The molecule has 0 spiro atoms. The van der Waals surface area contributed by atoms with Gasteiger partial charge in [-0.05, 0) is 25.1 Å². The molecule has 2 aromatic rings. The molecule has 0 fully saturated rings. The maximum atomic E-state index is 6.00. The second kappa shape index (κ2) is 5.60. The molecular formula is C13H13ClN2O2. The summed E-state index contributed by atoms with van der Waals surface area (Å²) in [5.74, 6) is 1.29. The third-order valence-electron chi connectivity index (χ3n) is 2.20. The summed E-state index contributed by atoms with van der Waals surface area (Å²) < 4.78 is 10.9. The Morgan fingerprint density at radius 2 is 2.00 bits per heavy atom. The summed E-state index contributed by atoms with van der Waals surface area (Å²) in [4.78, 5) is 4.17. The van der Waals surface area contributed by atoms with Crippen molar-refractivity contribution in [2.45, 2.75) is 6.92 Å². The summed E-state index contributed by atoms with van der Waals surface area (Å²) in [6.07, 6.45) is 0. The lowest BCUT2D eigenvalue weighted by atomic mass is 10.3. The van der Waals surface area contributed by atoms with Gasteiger partial charge in [0.2, 0.25) is 11.8 Å². The molecular weight excluding hydrogens is 252 g/mol. The molecule has 0 bridgehead atoms. The second-order valence-electron chi connectivity index (χ2n) is 3.51. The normalized spacial score (nSPS) is 10.1. The first kappa shape index (κ1) is 12.5. The highest BCUT2D eigenvalue weighted by atomic mass is 35.5. The lowest BCUT2D eigenvalue weighted by molar-refractivity contribution is 0.323. The van der Waals surface area contributed by atoms with Gasteiger partial charge in [0, 0.05) is 6.07 Å². The largest absolute Gasteiger partial charge is 0.476 e. The van der Waals surface area contributed by atoms with Crippen molar-refractivity contribution >= 4 is 17.3 Å². The summed E-state index contributed by atoms with van der Waals surface area (Å²) in [6, 6.07) is 10.5. The highest BCUT2D eigenvalue weighted by Gasteiger charge is 2.07. The zero-order valence-corrected chi connectivity index (χ0v) is 10.6. The average Bonchev–Trinajstić information content (AvgIpc) is 2.36. The number of nitrogen functional groups attached to an aromatic ring is 1. The van der Waals surface area contributed by atoms with Crippen LogP contribution in [0.5, 0.6) is 17.5 Å². The molecule has 1 aromatic heterocycles. The average molecular weight is 265 g/mol. The smallest absolute Gasteiger partial charge is 0.240 e. The van der Waals surface area contributed by atoms with Gasteiger partial charge < -0.3 is 15.2 Å². The van der Waals surface area contributed by atoms with E-state index in [9.17, 15) is 0 Å². The Kier molecular flexibility index (Phi) is 3.89. The van der Waals surface area contributed by atoms with Crippen LogP contribution in [0.15, 0.2) is 36.4 Å². The van der Waals surface area contributed by atoms with Crippen LogP contribution in [-0.2, 0) is 0 Å². The zero-order valence-electron chi connectivity index (χ0n) is 9.89. The van der Waals surface area contributed by atoms with Crippen LogP contribution in [0.25, 0.3) is 0 Å². The first-order valence-corrected chi connectivity index (χ1v) is 5.90. The molecule has 2 N–H and O–H groups in total. The van der Waals surface area contributed by atoms with Crippen molar-refractivity contribution in [2.75, 3.05) is 12.3 Å². The highest BCUT2D eigenvalue weighted by molar-refractivity contribution is 6.32. The minimum absolute atomic E-state index is 0.363. The molecule has 2 rings (SSSR count). The van der Waals surface area contributed by atoms with E-state index in [1.165, 1.54) is 0 Å². The Labute approximate surface area is 110 Å². The Hall–Kier alpha value is -1.94. The number of hydrogen-bond acceptors (Lipinski definition) is 4. The van der Waals surface area contributed by atoms with Gasteiger partial charge in [-0.2, -0.15) is 4.98 Å². The number of pyridine rings is 1. The lowest BCUT2D eigenvalue weighted by Gasteiger charge is -2.09. The summed E-state index contributed by atoms with van der Waals surface area (Å²) in [7, 11) is 0. The van der Waals surface area contributed by atoms with Gasteiger partial charge >= 0.3 is 0 Å². The quantitative estimate of drug-likeness (QED) is 0.918. The van der Waals surface area contributed by atoms with E-state index < -0.39 is 0 Å². The monoisotopic (exact) mass is 264 g/mol. The first-order valence-electron chi connectivity index (χ1n) is 5.52. The van der Waals surface area contributed by atoms with E-state index in [1.807, 2.05) is 19.1 Å². The minimum Gasteiger partial charge on any atom is -0.476 e. The van der Waals surface area contributed by atoms with Crippen LogP contribution < -0.4 is 15.2 Å². The summed E-state index contributed by atoms with van der Waals surface area (Å²) in [6.45, 7) is 2.36. The van der Waals surface area contributed by atoms with E-state index in [-0.39, 0.29) is 0 Å². The van der Waals surface area contributed by atoms with Gasteiger partial charge in [-0.25, -0.2) is 0 Å². The predicted molar refractivity (Wildman–Crippen MR) is 71.3 cm³/mol. The van der Waals surface area contributed by atoms with Gasteiger partial charge in [-0.3, -0.25) is 0 Å². The number of para-hydroxylation sites is 1. The van der Waals surface area contributed by atoms with Crippen molar-refractivity contribution in [1.82, 2.24) is 4.98 Å². The van der Waals surface area contributed by atoms with Crippen LogP contribution in [-0.4, -0.2) is 11.6 Å². The Balaban J connectivity index is 2.24. The fraction of sp³-hybridized carbons (Fsp3) is 0.154. The van der Waals surface area contributed by atoms with Crippen LogP contribution in [0.4, 0.5) is 5.69 Å². The lowest BCUT2D eigenvalue weighted by Crippen LogP contribution is -2.00. The van der Waals surface area contributed by atoms with Crippen LogP contribution >= 0.6 is 11.6 Å². The van der Waals surface area contributed by atoms with Crippen LogP contribution in [0.3, 0.4) is 0 Å². The number of aromatic nitrogens is 1. The molecule has 4 nitrogen and oxygen atoms in total. The van der Waals surface area contributed by atoms with Crippen LogP contribution in [0, 0.1) is 0 Å². The number of hydrogen-bond donors (Lipinski definition) is 1. The molecule has 0 aliphatic carbocycles. The minimum atomic E-state index is 0.363. The molecule has 1 aromatic carbocycles. The topological polar surface area (TPSA) is 57.4 Å². The highest BCUT2D eigenvalue weighted by Crippen LogP contribution is 2.30. The molecule has 94 valence electrons. The van der Waals surface area contributed by atoms with Gasteiger partial charge in [0.05, 0.1) is 17.3 Å². The van der Waals surface area contributed by atoms with Crippen LogP contribution in [0.2, 0.25) is 5.02 Å². The number of nitrogens with zero attached hydrogens (tertiary/aromatic N) is 1. The molecule has 5 heteroatoms. The Morgan fingerprint density at radius 1 is 1.22 bits per heavy atom. The van der Waals surface area contributed by atoms with Crippen molar-refractivity contribution < 1.29 is 9.47 Å². The van der Waals surface area contributed by atoms with Crippen molar-refractivity contribution in [1.29, 1.82) is 0 Å². The standard InChI is InChI=1S/C13H13ClN2O2/c1-2-17-13-10(15)7-8-12(16-13)18-11-6-4-3-5-9(11)14/h3-8H,2,15H2,1H3. The fourth-order valence-corrected chi connectivity index (χ4v) is 1.56.